The standard InChI is InChI=1S/C16H20ClNO4S/c1-3-12(4-2)10-16-18(8-5-9-23-22-21-19)14-11-13(17)6-7-15(14)20-16/h6-7,10-11H,3-5,8-9H2,1-2H3/p+1. The Morgan fingerprint density at radius 2 is 2.17 bits per heavy atom. The minimum atomic E-state index is 0.679. The van der Waals surface area contributed by atoms with Gasteiger partial charge in [-0.05, 0) is 25.0 Å². The van der Waals surface area contributed by atoms with Crippen LogP contribution in [0.2, 0.25) is 5.02 Å². The van der Waals surface area contributed by atoms with Gasteiger partial charge < -0.3 is 4.42 Å². The van der Waals surface area contributed by atoms with E-state index >= 15 is 0 Å². The van der Waals surface area contributed by atoms with Gasteiger partial charge in [0.1, 0.15) is 0 Å². The van der Waals surface area contributed by atoms with Crippen LogP contribution in [0.5, 0.6) is 0 Å². The van der Waals surface area contributed by atoms with Gasteiger partial charge in [0, 0.05) is 41.4 Å². The van der Waals surface area contributed by atoms with Gasteiger partial charge in [0.2, 0.25) is 5.58 Å². The number of aryl methyl sites for hydroxylation is 1. The summed E-state index contributed by atoms with van der Waals surface area (Å²) in [5.41, 5.74) is 3.12. The molecule has 0 aliphatic carbocycles. The van der Waals surface area contributed by atoms with Crippen LogP contribution in [0.25, 0.3) is 17.2 Å². The van der Waals surface area contributed by atoms with Gasteiger partial charge in [0.15, 0.2) is 6.54 Å². The summed E-state index contributed by atoms with van der Waals surface area (Å²) >= 11 is 7.18. The molecular weight excluding hydrogens is 338 g/mol. The van der Waals surface area contributed by atoms with Crippen molar-refractivity contribution in [2.75, 3.05) is 5.75 Å². The second-order valence-electron chi connectivity index (χ2n) is 5.03. The van der Waals surface area contributed by atoms with Gasteiger partial charge in [-0.25, -0.2) is 5.26 Å². The first kappa shape index (κ1) is 18.3. The number of hydrogen-bond donors (Lipinski definition) is 1. The molecule has 0 radical (unpaired) electrons. The fourth-order valence-electron chi connectivity index (χ4n) is 2.38. The molecule has 0 bridgehead atoms. The first-order valence-electron chi connectivity index (χ1n) is 7.60. The molecule has 5 nitrogen and oxygen atoms in total. The lowest BCUT2D eigenvalue weighted by molar-refractivity contribution is -0.677. The highest BCUT2D eigenvalue weighted by Gasteiger charge is 2.21. The van der Waals surface area contributed by atoms with Gasteiger partial charge in [-0.3, -0.25) is 0 Å². The number of aromatic nitrogens is 1. The maximum absolute atomic E-state index is 8.13. The van der Waals surface area contributed by atoms with Crippen molar-refractivity contribution in [3.05, 3.63) is 34.7 Å². The normalized spacial score (nSPS) is 11.1. The summed E-state index contributed by atoms with van der Waals surface area (Å²) in [6, 6.07) is 5.63. The Bertz CT molecular complexity index is 665. The van der Waals surface area contributed by atoms with Crippen LogP contribution in [0.4, 0.5) is 0 Å². The lowest BCUT2D eigenvalue weighted by Crippen LogP contribution is -2.35. The second-order valence-corrected chi connectivity index (χ2v) is 6.25. The number of allylic oxidation sites excluding steroid dienone is 1. The molecule has 0 saturated carbocycles. The summed E-state index contributed by atoms with van der Waals surface area (Å²) in [4.78, 5) is 0. The van der Waals surface area contributed by atoms with Gasteiger partial charge in [0.05, 0.1) is 0 Å². The number of benzene rings is 1. The number of halogens is 1. The van der Waals surface area contributed by atoms with Crippen LogP contribution in [0.15, 0.2) is 28.2 Å². The zero-order valence-electron chi connectivity index (χ0n) is 13.3. The second kappa shape index (κ2) is 9.30. The van der Waals surface area contributed by atoms with E-state index in [1.807, 2.05) is 18.2 Å². The SMILES string of the molecule is CCC(=Cc1oc2ccc(Cl)cc2[n+]1CCCSOOO)CC. The van der Waals surface area contributed by atoms with E-state index in [9.17, 15) is 0 Å². The third kappa shape index (κ3) is 4.96. The van der Waals surface area contributed by atoms with Crippen LogP contribution in [0.1, 0.15) is 39.0 Å². The Labute approximate surface area is 144 Å². The summed E-state index contributed by atoms with van der Waals surface area (Å²) in [6.07, 6.45) is 4.92. The summed E-state index contributed by atoms with van der Waals surface area (Å²) < 4.78 is 12.5. The van der Waals surface area contributed by atoms with Crippen LogP contribution >= 0.6 is 23.6 Å². The van der Waals surface area contributed by atoms with Crippen molar-refractivity contribution < 1.29 is 23.6 Å². The summed E-state index contributed by atoms with van der Waals surface area (Å²) in [6.45, 7) is 5.03. The largest absolute Gasteiger partial charge is 0.398 e. The molecule has 0 unspecified atom stereocenters. The topological polar surface area (TPSA) is 55.7 Å². The minimum absolute atomic E-state index is 0.679. The monoisotopic (exact) mass is 358 g/mol. The predicted molar refractivity (Wildman–Crippen MR) is 91.9 cm³/mol. The molecule has 0 aliphatic heterocycles. The fourth-order valence-corrected chi connectivity index (χ4v) is 2.90. The molecule has 1 aromatic heterocycles. The quantitative estimate of drug-likeness (QED) is 0.224. The highest BCUT2D eigenvalue weighted by Crippen LogP contribution is 2.21. The van der Waals surface area contributed by atoms with Crippen LogP contribution in [-0.2, 0) is 15.9 Å². The van der Waals surface area contributed by atoms with Crippen LogP contribution in [0, 0.1) is 0 Å². The summed E-state index contributed by atoms with van der Waals surface area (Å²) in [7, 11) is 0. The van der Waals surface area contributed by atoms with E-state index in [4.69, 9.17) is 21.3 Å². The van der Waals surface area contributed by atoms with E-state index in [1.165, 1.54) is 5.57 Å². The van der Waals surface area contributed by atoms with Crippen molar-refractivity contribution in [3.8, 4) is 0 Å². The molecule has 2 aromatic rings. The van der Waals surface area contributed by atoms with Crippen LogP contribution in [0.3, 0.4) is 0 Å². The molecular formula is C16H21ClNO4S+. The Morgan fingerprint density at radius 1 is 1.39 bits per heavy atom. The minimum Gasteiger partial charge on any atom is -0.398 e. The average Bonchev–Trinajstić information content (AvgIpc) is 2.89. The maximum Gasteiger partial charge on any atom is 0.374 e. The molecule has 126 valence electrons. The van der Waals surface area contributed by atoms with Gasteiger partial charge in [-0.1, -0.05) is 36.1 Å². The first-order chi connectivity index (χ1) is 11.2. The third-order valence-electron chi connectivity index (χ3n) is 3.62. The van der Waals surface area contributed by atoms with E-state index in [-0.39, 0.29) is 0 Å². The van der Waals surface area contributed by atoms with Crippen molar-refractivity contribution in [3.63, 3.8) is 0 Å². The number of nitrogens with zero attached hydrogens (tertiary/aromatic N) is 1. The maximum atomic E-state index is 8.13. The highest BCUT2D eigenvalue weighted by atomic mass is 35.5. The molecule has 7 heteroatoms. The average molecular weight is 359 g/mol. The fraction of sp³-hybridized carbons (Fsp3) is 0.438. The van der Waals surface area contributed by atoms with Gasteiger partial charge >= 0.3 is 5.89 Å². The molecule has 1 aromatic carbocycles. The predicted octanol–water partition coefficient (Wildman–Crippen LogP) is 5.04. The van der Waals surface area contributed by atoms with Gasteiger partial charge in [-0.15, -0.1) is 4.33 Å². The zero-order valence-corrected chi connectivity index (χ0v) is 14.8. The lowest BCUT2D eigenvalue weighted by Gasteiger charge is -1.99. The summed E-state index contributed by atoms with van der Waals surface area (Å²) in [5.74, 6) is 1.50. The lowest BCUT2D eigenvalue weighted by atomic mass is 10.1. The Kier molecular flexibility index (Phi) is 7.39. The van der Waals surface area contributed by atoms with E-state index in [0.717, 1.165) is 54.8 Å². The molecule has 0 aliphatic rings. The molecule has 23 heavy (non-hydrogen) atoms. The molecule has 0 atom stereocenters. The van der Waals surface area contributed by atoms with Crippen LogP contribution < -0.4 is 4.57 Å². The number of hydrogen-bond acceptors (Lipinski definition) is 5. The number of rotatable bonds is 9. The molecule has 2 rings (SSSR count). The van der Waals surface area contributed by atoms with Gasteiger partial charge in [-0.2, -0.15) is 4.57 Å². The van der Waals surface area contributed by atoms with E-state index in [2.05, 4.69) is 33.9 Å². The van der Waals surface area contributed by atoms with Crippen molar-refractivity contribution in [1.29, 1.82) is 0 Å². The molecule has 0 saturated heterocycles. The van der Waals surface area contributed by atoms with Gasteiger partial charge in [0.25, 0.3) is 5.52 Å². The highest BCUT2D eigenvalue weighted by molar-refractivity contribution is 7.94. The van der Waals surface area contributed by atoms with Crippen molar-refractivity contribution >= 4 is 40.8 Å². The molecule has 0 fully saturated rings. The smallest absolute Gasteiger partial charge is 0.374 e. The van der Waals surface area contributed by atoms with Crippen molar-refractivity contribution in [2.24, 2.45) is 0 Å². The zero-order chi connectivity index (χ0) is 16.7. The molecule has 0 spiro atoms. The Hall–Kier alpha value is -1.05. The summed E-state index contributed by atoms with van der Waals surface area (Å²) in [5, 5.41) is 12.4. The number of fused-ring (bicyclic) bond motifs is 1. The third-order valence-corrected chi connectivity index (χ3v) is 4.46. The van der Waals surface area contributed by atoms with Crippen LogP contribution in [-0.4, -0.2) is 11.0 Å². The molecule has 1 N–H and O–H groups in total. The van der Waals surface area contributed by atoms with E-state index in [0.29, 0.717) is 10.8 Å². The molecule has 0 amide bonds. The van der Waals surface area contributed by atoms with E-state index < -0.39 is 0 Å². The molecule has 1 heterocycles. The Morgan fingerprint density at radius 3 is 2.87 bits per heavy atom. The number of oxazole rings is 1. The van der Waals surface area contributed by atoms with Crippen molar-refractivity contribution in [1.82, 2.24) is 0 Å². The van der Waals surface area contributed by atoms with E-state index in [1.54, 1.807) is 0 Å². The first-order valence-corrected chi connectivity index (χ1v) is 8.89. The Balaban J connectivity index is 2.29. The van der Waals surface area contributed by atoms with Crippen molar-refractivity contribution in [2.45, 2.75) is 39.7 Å².